The van der Waals surface area contributed by atoms with Crippen LogP contribution in [-0.4, -0.2) is 68.7 Å². The van der Waals surface area contributed by atoms with Crippen LogP contribution >= 0.6 is 0 Å². The van der Waals surface area contributed by atoms with Crippen molar-refractivity contribution in [3.8, 4) is 11.1 Å². The number of ether oxygens (including phenoxy) is 3. The summed E-state index contributed by atoms with van der Waals surface area (Å²) in [7, 11) is 1.37. The van der Waals surface area contributed by atoms with Gasteiger partial charge in [0.2, 0.25) is 0 Å². The Morgan fingerprint density at radius 2 is 1.71 bits per heavy atom. The summed E-state index contributed by atoms with van der Waals surface area (Å²) in [5, 5.41) is 14.3. The van der Waals surface area contributed by atoms with E-state index in [-0.39, 0.29) is 38.3 Å². The Kier molecular flexibility index (Phi) is 7.44. The molecule has 4 rings (SSSR count). The van der Waals surface area contributed by atoms with Gasteiger partial charge in [-0.2, -0.15) is 0 Å². The minimum absolute atomic E-state index is 0.0549. The van der Waals surface area contributed by atoms with Gasteiger partial charge in [0.1, 0.15) is 6.61 Å². The lowest BCUT2D eigenvalue weighted by Crippen LogP contribution is -2.45. The Bertz CT molecular complexity index is 1010. The van der Waals surface area contributed by atoms with Crippen LogP contribution < -0.4 is 10.6 Å². The Balaban J connectivity index is 1.24. The summed E-state index contributed by atoms with van der Waals surface area (Å²) in [5.74, 6) is -1.95. The highest BCUT2D eigenvalue weighted by Crippen LogP contribution is 2.44. The zero-order chi connectivity index (χ0) is 24.1. The Hall–Kier alpha value is -3.43. The van der Waals surface area contributed by atoms with Crippen molar-refractivity contribution in [1.82, 2.24) is 10.6 Å². The van der Waals surface area contributed by atoms with Crippen LogP contribution in [0.15, 0.2) is 48.5 Å². The number of fused-ring (bicyclic) bond motifs is 3. The number of carboxylic acid groups (broad SMARTS) is 1. The number of amides is 2. The third kappa shape index (κ3) is 5.21. The minimum Gasteiger partial charge on any atom is -0.481 e. The molecule has 2 aromatic carbocycles. The average molecular weight is 469 g/mol. The van der Waals surface area contributed by atoms with E-state index >= 15 is 0 Å². The zero-order valence-electron chi connectivity index (χ0n) is 18.9. The molecule has 0 saturated carbocycles. The fourth-order valence-corrected chi connectivity index (χ4v) is 4.46. The van der Waals surface area contributed by atoms with Crippen LogP contribution in [0.1, 0.15) is 23.5 Å². The molecule has 1 saturated heterocycles. The highest BCUT2D eigenvalue weighted by molar-refractivity contribution is 5.82. The van der Waals surface area contributed by atoms with Crippen molar-refractivity contribution in [2.24, 2.45) is 5.92 Å². The SMILES string of the molecule is COC(CNC(=O)OCC1c2ccccc2-c2ccccc21)C(=O)NCC1CC(C(=O)O)CO1. The van der Waals surface area contributed by atoms with E-state index in [9.17, 15) is 14.4 Å². The number of alkyl carbamates (subject to hydrolysis) is 1. The normalized spacial score (nSPS) is 19.7. The first-order valence-electron chi connectivity index (χ1n) is 11.2. The molecule has 2 aromatic rings. The van der Waals surface area contributed by atoms with Crippen LogP contribution in [-0.2, 0) is 23.8 Å². The molecule has 2 aliphatic rings. The molecule has 9 nitrogen and oxygen atoms in total. The van der Waals surface area contributed by atoms with E-state index < -0.39 is 30.0 Å². The number of rotatable bonds is 9. The van der Waals surface area contributed by atoms with Gasteiger partial charge in [-0.1, -0.05) is 48.5 Å². The lowest BCUT2D eigenvalue weighted by atomic mass is 9.98. The summed E-state index contributed by atoms with van der Waals surface area (Å²) in [5.41, 5.74) is 4.52. The van der Waals surface area contributed by atoms with Crippen molar-refractivity contribution in [3.63, 3.8) is 0 Å². The van der Waals surface area contributed by atoms with E-state index in [1.54, 1.807) is 0 Å². The van der Waals surface area contributed by atoms with Crippen LogP contribution in [0, 0.1) is 5.92 Å². The number of aliphatic carboxylic acids is 1. The third-order valence-electron chi connectivity index (χ3n) is 6.29. The van der Waals surface area contributed by atoms with Gasteiger partial charge in [-0.15, -0.1) is 0 Å². The minimum atomic E-state index is -0.919. The molecule has 0 bridgehead atoms. The maximum Gasteiger partial charge on any atom is 0.407 e. The van der Waals surface area contributed by atoms with E-state index in [0.717, 1.165) is 22.3 Å². The number of hydrogen-bond acceptors (Lipinski definition) is 6. The first kappa shape index (κ1) is 23.7. The Morgan fingerprint density at radius 3 is 2.29 bits per heavy atom. The molecule has 9 heteroatoms. The van der Waals surface area contributed by atoms with E-state index in [2.05, 4.69) is 22.8 Å². The van der Waals surface area contributed by atoms with Gasteiger partial charge in [0.15, 0.2) is 6.10 Å². The summed E-state index contributed by atoms with van der Waals surface area (Å²) < 4.78 is 16.1. The second-order valence-corrected chi connectivity index (χ2v) is 8.40. The molecule has 180 valence electrons. The maximum atomic E-state index is 12.4. The zero-order valence-corrected chi connectivity index (χ0v) is 18.9. The van der Waals surface area contributed by atoms with E-state index in [0.29, 0.717) is 6.42 Å². The number of hydrogen-bond donors (Lipinski definition) is 3. The number of nitrogens with one attached hydrogen (secondary N) is 2. The molecule has 34 heavy (non-hydrogen) atoms. The number of benzene rings is 2. The van der Waals surface area contributed by atoms with Gasteiger partial charge in [-0.3, -0.25) is 9.59 Å². The highest BCUT2D eigenvalue weighted by Gasteiger charge is 2.32. The molecule has 3 atom stereocenters. The molecule has 3 unspecified atom stereocenters. The molecule has 2 amide bonds. The summed E-state index contributed by atoms with van der Waals surface area (Å²) in [6.07, 6.45) is -1.58. The van der Waals surface area contributed by atoms with Crippen molar-refractivity contribution >= 4 is 18.0 Å². The molecule has 0 aromatic heterocycles. The number of carboxylic acids is 1. The molecular weight excluding hydrogens is 440 g/mol. The third-order valence-corrected chi connectivity index (χ3v) is 6.29. The molecule has 1 aliphatic carbocycles. The Morgan fingerprint density at radius 1 is 1.06 bits per heavy atom. The second-order valence-electron chi connectivity index (χ2n) is 8.40. The van der Waals surface area contributed by atoms with Gasteiger partial charge in [-0.25, -0.2) is 4.79 Å². The Labute approximate surface area is 197 Å². The van der Waals surface area contributed by atoms with E-state index in [4.69, 9.17) is 19.3 Å². The predicted molar refractivity (Wildman–Crippen MR) is 122 cm³/mol. The second kappa shape index (κ2) is 10.7. The summed E-state index contributed by atoms with van der Waals surface area (Å²) >= 11 is 0. The molecular formula is C25H28N2O7. The topological polar surface area (TPSA) is 123 Å². The van der Waals surface area contributed by atoms with Crippen molar-refractivity contribution in [2.45, 2.75) is 24.5 Å². The van der Waals surface area contributed by atoms with Crippen LogP contribution in [0.3, 0.4) is 0 Å². The molecule has 1 heterocycles. The first-order chi connectivity index (χ1) is 16.5. The monoisotopic (exact) mass is 468 g/mol. The summed E-state index contributed by atoms with van der Waals surface area (Å²) in [6.45, 7) is 0.413. The van der Waals surface area contributed by atoms with Crippen LogP contribution in [0.5, 0.6) is 0 Å². The highest BCUT2D eigenvalue weighted by atomic mass is 16.5. The molecule has 3 N–H and O–H groups in total. The molecule has 0 spiro atoms. The van der Waals surface area contributed by atoms with Gasteiger partial charge >= 0.3 is 12.1 Å². The van der Waals surface area contributed by atoms with Gasteiger partial charge in [-0.05, 0) is 28.7 Å². The number of methoxy groups -OCH3 is 1. The van der Waals surface area contributed by atoms with Crippen molar-refractivity contribution < 1.29 is 33.7 Å². The van der Waals surface area contributed by atoms with Crippen LogP contribution in [0.2, 0.25) is 0 Å². The molecule has 0 radical (unpaired) electrons. The fourth-order valence-electron chi connectivity index (χ4n) is 4.46. The lowest BCUT2D eigenvalue weighted by Gasteiger charge is -2.18. The quantitative estimate of drug-likeness (QED) is 0.515. The lowest BCUT2D eigenvalue weighted by molar-refractivity contribution is -0.141. The van der Waals surface area contributed by atoms with Gasteiger partial charge < -0.3 is 30.0 Å². The van der Waals surface area contributed by atoms with Crippen molar-refractivity contribution in [3.05, 3.63) is 59.7 Å². The first-order valence-corrected chi connectivity index (χ1v) is 11.2. The standard InChI is InChI=1S/C25H28N2O7/c1-32-22(23(28)26-11-16-10-15(13-33-16)24(29)30)12-27-25(31)34-14-21-19-8-4-2-6-17(19)18-7-3-5-9-20(18)21/h2-9,15-16,21-22H,10-14H2,1H3,(H,26,28)(H,27,31)(H,29,30). The van der Waals surface area contributed by atoms with Gasteiger partial charge in [0, 0.05) is 19.6 Å². The van der Waals surface area contributed by atoms with Gasteiger partial charge in [0.25, 0.3) is 5.91 Å². The smallest absolute Gasteiger partial charge is 0.407 e. The molecule has 1 fully saturated rings. The summed E-state index contributed by atoms with van der Waals surface area (Å²) in [6, 6.07) is 16.1. The largest absolute Gasteiger partial charge is 0.481 e. The fraction of sp³-hybridized carbons (Fsp3) is 0.400. The number of carbonyl (C=O) groups is 3. The molecule has 1 aliphatic heterocycles. The summed E-state index contributed by atoms with van der Waals surface area (Å²) in [4.78, 5) is 35.7. The van der Waals surface area contributed by atoms with E-state index in [1.807, 2.05) is 36.4 Å². The van der Waals surface area contributed by atoms with E-state index in [1.165, 1.54) is 7.11 Å². The van der Waals surface area contributed by atoms with Gasteiger partial charge in [0.05, 0.1) is 25.2 Å². The van der Waals surface area contributed by atoms with Crippen molar-refractivity contribution in [2.75, 3.05) is 33.4 Å². The predicted octanol–water partition coefficient (Wildman–Crippen LogP) is 2.15. The average Bonchev–Trinajstić information content (AvgIpc) is 3.45. The van der Waals surface area contributed by atoms with Crippen molar-refractivity contribution in [1.29, 1.82) is 0 Å². The van der Waals surface area contributed by atoms with Crippen LogP contribution in [0.25, 0.3) is 11.1 Å². The maximum absolute atomic E-state index is 12.4. The van der Waals surface area contributed by atoms with Crippen LogP contribution in [0.4, 0.5) is 4.79 Å². The number of carbonyl (C=O) groups excluding carboxylic acids is 2.